The van der Waals surface area contributed by atoms with Gasteiger partial charge in [-0.05, 0) is 19.1 Å². The summed E-state index contributed by atoms with van der Waals surface area (Å²) in [5, 5.41) is 0. The molecule has 1 aromatic carbocycles. The third kappa shape index (κ3) is 2.62. The number of hydrogen-bond donors (Lipinski definition) is 0. The van der Waals surface area contributed by atoms with E-state index in [0.717, 1.165) is 4.90 Å². The smallest absolute Gasteiger partial charge is 0.314 e. The first kappa shape index (κ1) is 14.7. The van der Waals surface area contributed by atoms with Crippen molar-refractivity contribution in [3.63, 3.8) is 0 Å². The van der Waals surface area contributed by atoms with Gasteiger partial charge in [0.25, 0.3) is 0 Å². The van der Waals surface area contributed by atoms with Crippen molar-refractivity contribution in [2.24, 2.45) is 0 Å². The van der Waals surface area contributed by atoms with Gasteiger partial charge in [0.15, 0.2) is 0 Å². The van der Waals surface area contributed by atoms with Crippen LogP contribution in [0.4, 0.5) is 10.5 Å². The van der Waals surface area contributed by atoms with Gasteiger partial charge < -0.3 is 4.90 Å². The lowest BCUT2D eigenvalue weighted by Crippen LogP contribution is -2.42. The molecule has 1 aromatic rings. The molecule has 0 aliphatic carbocycles. The van der Waals surface area contributed by atoms with Crippen molar-refractivity contribution in [3.8, 4) is 0 Å². The van der Waals surface area contributed by atoms with E-state index in [-0.39, 0.29) is 6.54 Å². The van der Waals surface area contributed by atoms with E-state index in [2.05, 4.69) is 0 Å². The van der Waals surface area contributed by atoms with Crippen LogP contribution in [0.1, 0.15) is 6.92 Å². The van der Waals surface area contributed by atoms with Crippen LogP contribution in [0, 0.1) is 0 Å². The van der Waals surface area contributed by atoms with Gasteiger partial charge in [-0.3, -0.25) is 19.3 Å². The van der Waals surface area contributed by atoms with E-state index in [4.69, 9.17) is 0 Å². The number of nitrogens with zero attached hydrogens (tertiary/aromatic N) is 3. The van der Waals surface area contributed by atoms with Crippen molar-refractivity contribution >= 4 is 29.4 Å². The van der Waals surface area contributed by atoms with Crippen LogP contribution in [0.15, 0.2) is 30.3 Å². The predicted octanol–water partition coefficient (Wildman–Crippen LogP) is 0.460. The lowest BCUT2D eigenvalue weighted by atomic mass is 10.3. The van der Waals surface area contributed by atoms with E-state index < -0.39 is 30.3 Å². The first-order valence-electron chi connectivity index (χ1n) is 6.46. The van der Waals surface area contributed by atoms with Crippen molar-refractivity contribution < 1.29 is 19.2 Å². The number of carbonyl (C=O) groups is 4. The maximum absolute atomic E-state index is 12.1. The first-order valence-corrected chi connectivity index (χ1v) is 6.46. The van der Waals surface area contributed by atoms with Crippen LogP contribution < -0.4 is 4.90 Å². The minimum absolute atomic E-state index is 0.0998. The largest absolute Gasteiger partial charge is 0.334 e. The average Bonchev–Trinajstić information content (AvgIpc) is 2.70. The molecule has 1 fully saturated rings. The Morgan fingerprint density at radius 1 is 1.05 bits per heavy atom. The highest BCUT2D eigenvalue weighted by Crippen LogP contribution is 2.15. The Bertz CT molecular complexity index is 599. The van der Waals surface area contributed by atoms with Gasteiger partial charge in [0, 0.05) is 19.3 Å². The fourth-order valence-corrected chi connectivity index (χ4v) is 2.01. The second-order valence-corrected chi connectivity index (χ2v) is 4.51. The molecular formula is C14H15N3O4. The molecule has 1 saturated heterocycles. The van der Waals surface area contributed by atoms with Crippen molar-refractivity contribution in [1.29, 1.82) is 0 Å². The molecule has 1 aliphatic heterocycles. The molecule has 5 amide bonds. The Labute approximate surface area is 121 Å². The Hall–Kier alpha value is -2.70. The second kappa shape index (κ2) is 5.74. The number of benzene rings is 1. The second-order valence-electron chi connectivity index (χ2n) is 4.51. The normalized spacial score (nSPS) is 14.9. The zero-order chi connectivity index (χ0) is 15.6. The number of imide groups is 2. The molecular weight excluding hydrogens is 274 g/mol. The molecule has 110 valence electrons. The highest BCUT2D eigenvalue weighted by Gasteiger charge is 2.44. The fourth-order valence-electron chi connectivity index (χ4n) is 2.01. The van der Waals surface area contributed by atoms with Crippen molar-refractivity contribution in [1.82, 2.24) is 9.80 Å². The number of urea groups is 1. The zero-order valence-electron chi connectivity index (χ0n) is 11.8. The molecule has 7 nitrogen and oxygen atoms in total. The Balaban J connectivity index is 2.11. The maximum atomic E-state index is 12.1. The van der Waals surface area contributed by atoms with Crippen molar-refractivity contribution in [2.75, 3.05) is 25.0 Å². The lowest BCUT2D eigenvalue weighted by molar-refractivity contribution is -0.143. The average molecular weight is 289 g/mol. The van der Waals surface area contributed by atoms with Gasteiger partial charge in [-0.1, -0.05) is 18.2 Å². The van der Waals surface area contributed by atoms with Gasteiger partial charge in [0.1, 0.15) is 6.54 Å². The van der Waals surface area contributed by atoms with Crippen LogP contribution in [0.5, 0.6) is 0 Å². The summed E-state index contributed by atoms with van der Waals surface area (Å²) >= 11 is 0. The number of rotatable bonds is 4. The summed E-state index contributed by atoms with van der Waals surface area (Å²) in [7, 11) is 1.54. The monoisotopic (exact) mass is 289 g/mol. The molecule has 0 aromatic heterocycles. The summed E-state index contributed by atoms with van der Waals surface area (Å²) < 4.78 is 0. The Kier molecular flexibility index (Phi) is 4.02. The SMILES string of the molecule is CCN1C(=O)C(=O)N(CC(=O)N(C)c2ccccc2)C1=O. The van der Waals surface area contributed by atoms with Crippen LogP contribution in [0.2, 0.25) is 0 Å². The minimum Gasteiger partial charge on any atom is -0.314 e. The number of anilines is 1. The summed E-state index contributed by atoms with van der Waals surface area (Å²) in [5.74, 6) is -2.30. The molecule has 0 spiro atoms. The summed E-state index contributed by atoms with van der Waals surface area (Å²) in [6.45, 7) is 1.23. The third-order valence-electron chi connectivity index (χ3n) is 3.26. The molecule has 21 heavy (non-hydrogen) atoms. The zero-order valence-corrected chi connectivity index (χ0v) is 11.8. The van der Waals surface area contributed by atoms with E-state index in [1.165, 1.54) is 4.90 Å². The van der Waals surface area contributed by atoms with E-state index in [1.807, 2.05) is 6.07 Å². The number of carbonyl (C=O) groups excluding carboxylic acids is 4. The Morgan fingerprint density at radius 3 is 2.14 bits per heavy atom. The molecule has 0 radical (unpaired) electrons. The molecule has 1 aliphatic rings. The molecule has 0 bridgehead atoms. The third-order valence-corrected chi connectivity index (χ3v) is 3.26. The molecule has 0 N–H and O–H groups in total. The number of hydrogen-bond acceptors (Lipinski definition) is 4. The van der Waals surface area contributed by atoms with Crippen molar-refractivity contribution in [3.05, 3.63) is 30.3 Å². The first-order chi connectivity index (χ1) is 9.97. The number of para-hydroxylation sites is 1. The minimum atomic E-state index is -0.961. The predicted molar refractivity (Wildman–Crippen MR) is 74.3 cm³/mol. The van der Waals surface area contributed by atoms with Gasteiger partial charge in [-0.25, -0.2) is 9.69 Å². The lowest BCUT2D eigenvalue weighted by Gasteiger charge is -2.20. The van der Waals surface area contributed by atoms with Gasteiger partial charge in [-0.15, -0.1) is 0 Å². The number of amides is 5. The van der Waals surface area contributed by atoms with Crippen molar-refractivity contribution in [2.45, 2.75) is 6.92 Å². The molecule has 7 heteroatoms. The molecule has 0 saturated carbocycles. The standard InChI is InChI=1S/C14H15N3O4/c1-3-16-12(19)13(20)17(14(16)21)9-11(18)15(2)10-7-5-4-6-8-10/h4-8H,3,9H2,1-2H3. The number of likely N-dealkylation sites (N-methyl/N-ethyl adjacent to an activating group) is 2. The van der Waals surface area contributed by atoms with Crippen LogP contribution in [0.25, 0.3) is 0 Å². The van der Waals surface area contributed by atoms with Gasteiger partial charge in [-0.2, -0.15) is 0 Å². The van der Waals surface area contributed by atoms with Gasteiger partial charge in [0.2, 0.25) is 5.91 Å². The van der Waals surface area contributed by atoms with E-state index in [9.17, 15) is 19.2 Å². The summed E-state index contributed by atoms with van der Waals surface area (Å²) in [6.07, 6.45) is 0. The topological polar surface area (TPSA) is 78.0 Å². The van der Waals surface area contributed by atoms with Gasteiger partial charge >= 0.3 is 17.8 Å². The van der Waals surface area contributed by atoms with Crippen LogP contribution in [0.3, 0.4) is 0 Å². The fraction of sp³-hybridized carbons (Fsp3) is 0.286. The van der Waals surface area contributed by atoms with Crippen LogP contribution in [-0.2, 0) is 14.4 Å². The highest BCUT2D eigenvalue weighted by molar-refractivity contribution is 6.45. The summed E-state index contributed by atoms with van der Waals surface area (Å²) in [5.41, 5.74) is 0.639. The molecule has 2 rings (SSSR count). The van der Waals surface area contributed by atoms with E-state index in [1.54, 1.807) is 38.2 Å². The summed E-state index contributed by atoms with van der Waals surface area (Å²) in [4.78, 5) is 50.1. The van der Waals surface area contributed by atoms with Crippen LogP contribution >= 0.6 is 0 Å². The highest BCUT2D eigenvalue weighted by atomic mass is 16.2. The maximum Gasteiger partial charge on any atom is 0.334 e. The van der Waals surface area contributed by atoms with Crippen LogP contribution in [-0.4, -0.2) is 53.7 Å². The molecule has 0 atom stereocenters. The quantitative estimate of drug-likeness (QED) is 0.596. The van der Waals surface area contributed by atoms with E-state index in [0.29, 0.717) is 10.6 Å². The summed E-state index contributed by atoms with van der Waals surface area (Å²) in [6, 6.07) is 8.07. The Morgan fingerprint density at radius 2 is 1.62 bits per heavy atom. The molecule has 1 heterocycles. The van der Waals surface area contributed by atoms with Gasteiger partial charge in [0.05, 0.1) is 0 Å². The van der Waals surface area contributed by atoms with E-state index >= 15 is 0 Å². The molecule has 0 unspecified atom stereocenters.